The van der Waals surface area contributed by atoms with Gasteiger partial charge in [-0.2, -0.15) is 0 Å². The van der Waals surface area contributed by atoms with Crippen molar-refractivity contribution < 1.29 is 9.53 Å². The van der Waals surface area contributed by atoms with Crippen molar-refractivity contribution in [2.45, 2.75) is 206 Å². The minimum Gasteiger partial charge on any atom is -0.466 e. The van der Waals surface area contributed by atoms with E-state index in [0.29, 0.717) is 13.0 Å². The van der Waals surface area contributed by atoms with E-state index in [0.717, 1.165) is 12.8 Å². The highest BCUT2D eigenvalue weighted by atomic mass is 16.5. The van der Waals surface area contributed by atoms with E-state index < -0.39 is 0 Å². The number of carbonyl (C=O) groups excluding carboxylic acids is 1. The molecule has 2 nitrogen and oxygen atoms in total. The fourth-order valence-electron chi connectivity index (χ4n) is 5.25. The maximum absolute atomic E-state index is 11.9. The highest BCUT2D eigenvalue weighted by Crippen LogP contribution is 2.14. The highest BCUT2D eigenvalue weighted by Gasteiger charge is 2.02. The second-order valence-electron chi connectivity index (χ2n) is 11.9. The van der Waals surface area contributed by atoms with Crippen LogP contribution in [0.15, 0.2) is 12.2 Å². The van der Waals surface area contributed by atoms with Crippen molar-refractivity contribution in [3.05, 3.63) is 12.2 Å². The van der Waals surface area contributed by atoms with E-state index in [2.05, 4.69) is 26.0 Å². The summed E-state index contributed by atoms with van der Waals surface area (Å²) in [7, 11) is 0. The summed E-state index contributed by atoms with van der Waals surface area (Å²) in [6, 6.07) is 0. The molecule has 0 aliphatic heterocycles. The van der Waals surface area contributed by atoms with Crippen LogP contribution in [0.3, 0.4) is 0 Å². The molecule has 0 aliphatic rings. The topological polar surface area (TPSA) is 26.3 Å². The Morgan fingerprint density at radius 1 is 0.421 bits per heavy atom. The Balaban J connectivity index is 3.18. The lowest BCUT2D eigenvalue weighted by atomic mass is 10.0. The molecule has 0 saturated heterocycles. The summed E-state index contributed by atoms with van der Waals surface area (Å²) in [6.45, 7) is 5.19. The van der Waals surface area contributed by atoms with E-state index in [-0.39, 0.29) is 5.97 Å². The Labute approximate surface area is 240 Å². The molecule has 0 bridgehead atoms. The van der Waals surface area contributed by atoms with Crippen molar-refractivity contribution in [1.82, 2.24) is 0 Å². The van der Waals surface area contributed by atoms with Gasteiger partial charge in [-0.05, 0) is 38.5 Å². The highest BCUT2D eigenvalue weighted by molar-refractivity contribution is 5.69. The van der Waals surface area contributed by atoms with Gasteiger partial charge >= 0.3 is 5.97 Å². The van der Waals surface area contributed by atoms with Gasteiger partial charge in [0.05, 0.1) is 6.61 Å². The van der Waals surface area contributed by atoms with E-state index in [4.69, 9.17) is 4.74 Å². The van der Waals surface area contributed by atoms with Crippen LogP contribution in [0.25, 0.3) is 0 Å². The standard InChI is InChI=1S/C36H70O2/c1-3-5-7-9-11-13-15-17-19-21-23-25-27-29-31-33-35-38-36(37)34-32-30-28-26-24-22-20-18-16-14-12-10-8-6-4-2/h17,19H,3-16,18,20-35H2,1-2H3/b19-17+. The smallest absolute Gasteiger partial charge is 0.305 e. The fraction of sp³-hybridized carbons (Fsp3) is 0.917. The molecule has 0 amide bonds. The summed E-state index contributed by atoms with van der Waals surface area (Å²) in [6.07, 6.45) is 44.1. The van der Waals surface area contributed by atoms with Crippen LogP contribution in [0.2, 0.25) is 0 Å². The van der Waals surface area contributed by atoms with Gasteiger partial charge in [-0.25, -0.2) is 0 Å². The Morgan fingerprint density at radius 2 is 0.737 bits per heavy atom. The zero-order valence-corrected chi connectivity index (χ0v) is 26.4. The zero-order chi connectivity index (χ0) is 27.6. The lowest BCUT2D eigenvalue weighted by Crippen LogP contribution is -2.05. The van der Waals surface area contributed by atoms with Gasteiger partial charge in [0.2, 0.25) is 0 Å². The lowest BCUT2D eigenvalue weighted by Gasteiger charge is -2.05. The van der Waals surface area contributed by atoms with Crippen molar-refractivity contribution in [1.29, 1.82) is 0 Å². The first-order chi connectivity index (χ1) is 18.8. The minimum absolute atomic E-state index is 0.0208. The third-order valence-corrected chi connectivity index (χ3v) is 7.90. The van der Waals surface area contributed by atoms with Crippen LogP contribution in [0.4, 0.5) is 0 Å². The molecule has 0 aromatic carbocycles. The average Bonchev–Trinajstić information content (AvgIpc) is 2.92. The van der Waals surface area contributed by atoms with Gasteiger partial charge in [0.25, 0.3) is 0 Å². The predicted octanol–water partition coefficient (Wildman–Crippen LogP) is 12.8. The van der Waals surface area contributed by atoms with Gasteiger partial charge in [0.1, 0.15) is 0 Å². The fourth-order valence-corrected chi connectivity index (χ4v) is 5.25. The SMILES string of the molecule is CCCCCCCC/C=C/CCCCCCCCOC(=O)CCCCCCCCCCCCCCCCC. The first-order valence-electron chi connectivity index (χ1n) is 17.6. The number of allylic oxidation sites excluding steroid dienone is 2. The summed E-state index contributed by atoms with van der Waals surface area (Å²) >= 11 is 0. The van der Waals surface area contributed by atoms with Crippen molar-refractivity contribution in [2.24, 2.45) is 0 Å². The van der Waals surface area contributed by atoms with Gasteiger partial charge < -0.3 is 4.74 Å². The van der Waals surface area contributed by atoms with Crippen LogP contribution < -0.4 is 0 Å². The maximum atomic E-state index is 11.9. The number of hydrogen-bond acceptors (Lipinski definition) is 2. The monoisotopic (exact) mass is 535 g/mol. The maximum Gasteiger partial charge on any atom is 0.305 e. The van der Waals surface area contributed by atoms with Gasteiger partial charge in [0.15, 0.2) is 0 Å². The summed E-state index contributed by atoms with van der Waals surface area (Å²) in [4.78, 5) is 11.9. The van der Waals surface area contributed by atoms with Gasteiger partial charge in [-0.3, -0.25) is 4.79 Å². The minimum atomic E-state index is 0.0208. The second kappa shape index (κ2) is 34.2. The quantitative estimate of drug-likeness (QED) is 0.0487. The number of rotatable bonds is 32. The van der Waals surface area contributed by atoms with E-state index in [1.165, 1.54) is 173 Å². The average molecular weight is 535 g/mol. The normalized spacial score (nSPS) is 11.5. The molecule has 0 heterocycles. The molecule has 0 aromatic rings. The third kappa shape index (κ3) is 33.2. The Hall–Kier alpha value is -0.790. The molecular weight excluding hydrogens is 464 g/mol. The van der Waals surface area contributed by atoms with E-state index >= 15 is 0 Å². The zero-order valence-electron chi connectivity index (χ0n) is 26.4. The summed E-state index contributed by atoms with van der Waals surface area (Å²) in [5, 5.41) is 0. The Kier molecular flexibility index (Phi) is 33.5. The van der Waals surface area contributed by atoms with Crippen LogP contribution in [0.5, 0.6) is 0 Å². The number of esters is 1. The van der Waals surface area contributed by atoms with Crippen LogP contribution in [0.1, 0.15) is 206 Å². The third-order valence-electron chi connectivity index (χ3n) is 7.90. The molecule has 0 N–H and O–H groups in total. The molecule has 0 unspecified atom stereocenters. The molecule has 2 heteroatoms. The largest absolute Gasteiger partial charge is 0.466 e. The van der Waals surface area contributed by atoms with Crippen molar-refractivity contribution in [3.63, 3.8) is 0 Å². The first-order valence-corrected chi connectivity index (χ1v) is 17.6. The molecule has 38 heavy (non-hydrogen) atoms. The molecule has 0 rings (SSSR count). The molecule has 0 aliphatic carbocycles. The lowest BCUT2D eigenvalue weighted by molar-refractivity contribution is -0.143. The number of hydrogen-bond donors (Lipinski definition) is 0. The molecule has 226 valence electrons. The molecule has 0 saturated carbocycles. The van der Waals surface area contributed by atoms with Gasteiger partial charge in [-0.1, -0.05) is 174 Å². The molecule has 0 aromatic heterocycles. The van der Waals surface area contributed by atoms with Crippen molar-refractivity contribution in [3.8, 4) is 0 Å². The summed E-state index contributed by atoms with van der Waals surface area (Å²) in [5.41, 5.74) is 0. The van der Waals surface area contributed by atoms with E-state index in [1.807, 2.05) is 0 Å². The number of ether oxygens (including phenoxy) is 1. The van der Waals surface area contributed by atoms with Crippen LogP contribution in [-0.4, -0.2) is 12.6 Å². The number of unbranched alkanes of at least 4 members (excludes halogenated alkanes) is 26. The molecule has 0 radical (unpaired) electrons. The molecule has 0 spiro atoms. The van der Waals surface area contributed by atoms with Crippen LogP contribution in [-0.2, 0) is 9.53 Å². The van der Waals surface area contributed by atoms with Gasteiger partial charge in [0, 0.05) is 6.42 Å². The first kappa shape index (κ1) is 37.2. The molecular formula is C36H70O2. The van der Waals surface area contributed by atoms with Gasteiger partial charge in [-0.15, -0.1) is 0 Å². The number of carbonyl (C=O) groups is 1. The second-order valence-corrected chi connectivity index (χ2v) is 11.9. The van der Waals surface area contributed by atoms with Crippen LogP contribution in [0, 0.1) is 0 Å². The van der Waals surface area contributed by atoms with Crippen molar-refractivity contribution in [2.75, 3.05) is 6.61 Å². The summed E-state index contributed by atoms with van der Waals surface area (Å²) < 4.78 is 5.43. The van der Waals surface area contributed by atoms with Crippen molar-refractivity contribution >= 4 is 5.97 Å². The molecule has 0 fully saturated rings. The van der Waals surface area contributed by atoms with E-state index in [1.54, 1.807) is 0 Å². The molecule has 0 atom stereocenters. The predicted molar refractivity (Wildman–Crippen MR) is 170 cm³/mol. The Morgan fingerprint density at radius 3 is 1.13 bits per heavy atom. The Bertz CT molecular complexity index is 470. The summed E-state index contributed by atoms with van der Waals surface area (Å²) in [5.74, 6) is 0.0208. The van der Waals surface area contributed by atoms with Crippen LogP contribution >= 0.6 is 0 Å². The van der Waals surface area contributed by atoms with E-state index in [9.17, 15) is 4.79 Å².